The van der Waals surface area contributed by atoms with Crippen LogP contribution in [-0.4, -0.2) is 18.1 Å². The van der Waals surface area contributed by atoms with Gasteiger partial charge in [-0.05, 0) is 32.4 Å². The quantitative estimate of drug-likeness (QED) is 0.654. The summed E-state index contributed by atoms with van der Waals surface area (Å²) in [5.74, 6) is 0. The number of rotatable bonds is 9. The number of nitrogens with two attached hydrogens (primary N) is 1. The van der Waals surface area contributed by atoms with Gasteiger partial charge in [0.25, 0.3) is 0 Å². The molecule has 0 aliphatic carbocycles. The van der Waals surface area contributed by atoms with Crippen molar-refractivity contribution in [1.29, 1.82) is 0 Å². The molecule has 3 nitrogen and oxygen atoms in total. The van der Waals surface area contributed by atoms with E-state index in [-0.39, 0.29) is 0 Å². The lowest BCUT2D eigenvalue weighted by atomic mass is 10.2. The number of nitrogens with one attached hydrogen (secondary N) is 1. The molecule has 0 aliphatic rings. The monoisotopic (exact) mass is 241 g/mol. The van der Waals surface area contributed by atoms with Crippen LogP contribution in [0.15, 0.2) is 11.6 Å². The lowest BCUT2D eigenvalue weighted by Gasteiger charge is -2.13. The molecule has 1 unspecified atom stereocenters. The molecule has 92 valence electrons. The molecule has 0 bridgehead atoms. The molecule has 0 fully saturated rings. The topological polar surface area (TPSA) is 50.9 Å². The predicted octanol–water partition coefficient (Wildman–Crippen LogP) is 2.70. The van der Waals surface area contributed by atoms with Crippen LogP contribution in [-0.2, 0) is 0 Å². The van der Waals surface area contributed by atoms with E-state index in [0.29, 0.717) is 6.04 Å². The molecular formula is C12H23N3S. The molecule has 1 aromatic heterocycles. The van der Waals surface area contributed by atoms with Gasteiger partial charge in [-0.3, -0.25) is 0 Å². The van der Waals surface area contributed by atoms with Crippen LogP contribution in [0, 0.1) is 0 Å². The van der Waals surface area contributed by atoms with E-state index >= 15 is 0 Å². The Bertz CT molecular complexity index is 249. The highest BCUT2D eigenvalue weighted by Gasteiger charge is 2.09. The van der Waals surface area contributed by atoms with Gasteiger partial charge in [0.2, 0.25) is 0 Å². The van der Waals surface area contributed by atoms with Crippen LogP contribution in [0.5, 0.6) is 0 Å². The highest BCUT2D eigenvalue weighted by Crippen LogP contribution is 2.18. The van der Waals surface area contributed by atoms with Gasteiger partial charge in [0, 0.05) is 11.6 Å². The van der Waals surface area contributed by atoms with Crippen LogP contribution in [0.2, 0.25) is 0 Å². The van der Waals surface area contributed by atoms with Crippen LogP contribution < -0.4 is 11.1 Å². The molecule has 0 aliphatic heterocycles. The summed E-state index contributed by atoms with van der Waals surface area (Å²) in [6, 6.07) is 0.439. The van der Waals surface area contributed by atoms with Gasteiger partial charge in [0.1, 0.15) is 5.01 Å². The normalized spacial score (nSPS) is 12.9. The average Bonchev–Trinajstić information content (AvgIpc) is 2.82. The molecule has 0 saturated carbocycles. The largest absolute Gasteiger partial charge is 0.330 e. The van der Waals surface area contributed by atoms with Gasteiger partial charge in [-0.2, -0.15) is 0 Å². The fraction of sp³-hybridized carbons (Fsp3) is 0.750. The number of nitrogens with zero attached hydrogens (tertiary/aromatic N) is 1. The van der Waals surface area contributed by atoms with Gasteiger partial charge in [-0.15, -0.1) is 11.3 Å². The Morgan fingerprint density at radius 1 is 1.38 bits per heavy atom. The van der Waals surface area contributed by atoms with Crippen LogP contribution in [0.4, 0.5) is 0 Å². The van der Waals surface area contributed by atoms with Crippen molar-refractivity contribution in [3.05, 3.63) is 16.6 Å². The lowest BCUT2D eigenvalue weighted by molar-refractivity contribution is 0.494. The minimum atomic E-state index is 0.439. The summed E-state index contributed by atoms with van der Waals surface area (Å²) in [5, 5.41) is 6.82. The maximum Gasteiger partial charge on any atom is 0.109 e. The van der Waals surface area contributed by atoms with E-state index in [9.17, 15) is 0 Å². The van der Waals surface area contributed by atoms with Crippen molar-refractivity contribution in [1.82, 2.24) is 10.3 Å². The SMILES string of the molecule is CCC(NCCCCCCN)c1nccs1. The van der Waals surface area contributed by atoms with Crippen LogP contribution >= 0.6 is 11.3 Å². The first-order chi connectivity index (χ1) is 7.88. The summed E-state index contributed by atoms with van der Waals surface area (Å²) in [6.45, 7) is 4.11. The zero-order chi connectivity index (χ0) is 11.6. The van der Waals surface area contributed by atoms with Gasteiger partial charge in [0.05, 0.1) is 6.04 Å². The Morgan fingerprint density at radius 3 is 2.81 bits per heavy atom. The number of hydrogen-bond acceptors (Lipinski definition) is 4. The maximum absolute atomic E-state index is 5.45. The molecule has 0 radical (unpaired) electrons. The molecule has 4 heteroatoms. The van der Waals surface area contributed by atoms with Crippen LogP contribution in [0.1, 0.15) is 50.1 Å². The van der Waals surface area contributed by atoms with Crippen molar-refractivity contribution in [2.45, 2.75) is 45.1 Å². The third-order valence-electron chi connectivity index (χ3n) is 2.68. The van der Waals surface area contributed by atoms with Crippen molar-refractivity contribution in [2.24, 2.45) is 5.73 Å². The lowest BCUT2D eigenvalue weighted by Crippen LogP contribution is -2.21. The van der Waals surface area contributed by atoms with Crippen molar-refractivity contribution >= 4 is 11.3 Å². The average molecular weight is 241 g/mol. The molecule has 1 rings (SSSR count). The fourth-order valence-corrected chi connectivity index (χ4v) is 2.51. The number of thiazole rings is 1. The summed E-state index contributed by atoms with van der Waals surface area (Å²) >= 11 is 1.74. The molecule has 16 heavy (non-hydrogen) atoms. The Balaban J connectivity index is 2.11. The Kier molecular flexibility index (Phi) is 7.38. The zero-order valence-electron chi connectivity index (χ0n) is 10.1. The zero-order valence-corrected chi connectivity index (χ0v) is 10.9. The summed E-state index contributed by atoms with van der Waals surface area (Å²) in [5.41, 5.74) is 5.45. The van der Waals surface area contributed by atoms with Crippen molar-refractivity contribution < 1.29 is 0 Å². The molecule has 3 N–H and O–H groups in total. The van der Waals surface area contributed by atoms with Crippen LogP contribution in [0.25, 0.3) is 0 Å². The molecular weight excluding hydrogens is 218 g/mol. The first-order valence-corrected chi connectivity index (χ1v) is 7.09. The van der Waals surface area contributed by atoms with Gasteiger partial charge >= 0.3 is 0 Å². The highest BCUT2D eigenvalue weighted by atomic mass is 32.1. The van der Waals surface area contributed by atoms with Crippen LogP contribution in [0.3, 0.4) is 0 Å². The molecule has 0 aromatic carbocycles. The minimum absolute atomic E-state index is 0.439. The fourth-order valence-electron chi connectivity index (χ4n) is 1.71. The first-order valence-electron chi connectivity index (χ1n) is 6.21. The summed E-state index contributed by atoms with van der Waals surface area (Å²) in [6.07, 6.45) is 7.91. The number of unbranched alkanes of at least 4 members (excludes halogenated alkanes) is 3. The third-order valence-corrected chi connectivity index (χ3v) is 3.57. The summed E-state index contributed by atoms with van der Waals surface area (Å²) < 4.78 is 0. The second-order valence-corrected chi connectivity index (χ2v) is 4.91. The van der Waals surface area contributed by atoms with Gasteiger partial charge in [-0.25, -0.2) is 4.98 Å². The minimum Gasteiger partial charge on any atom is -0.330 e. The molecule has 0 spiro atoms. The maximum atomic E-state index is 5.45. The molecule has 0 saturated heterocycles. The standard InChI is InChI=1S/C12H23N3S/c1-2-11(12-15-9-10-16-12)14-8-6-4-3-5-7-13/h9-11,14H,2-8,13H2,1H3. The Morgan fingerprint density at radius 2 is 2.19 bits per heavy atom. The Labute approximate surface area is 102 Å². The smallest absolute Gasteiger partial charge is 0.109 e. The van der Waals surface area contributed by atoms with Crippen molar-refractivity contribution in [2.75, 3.05) is 13.1 Å². The molecule has 1 atom stereocenters. The van der Waals surface area contributed by atoms with E-state index in [4.69, 9.17) is 5.73 Å². The van der Waals surface area contributed by atoms with Crippen molar-refractivity contribution in [3.8, 4) is 0 Å². The highest BCUT2D eigenvalue weighted by molar-refractivity contribution is 7.09. The predicted molar refractivity (Wildman–Crippen MR) is 70.7 cm³/mol. The number of hydrogen-bond donors (Lipinski definition) is 2. The summed E-state index contributed by atoms with van der Waals surface area (Å²) in [7, 11) is 0. The van der Waals surface area contributed by atoms with E-state index in [0.717, 1.165) is 25.9 Å². The van der Waals surface area contributed by atoms with E-state index < -0.39 is 0 Å². The van der Waals surface area contributed by atoms with E-state index in [1.165, 1.54) is 24.3 Å². The number of aromatic nitrogens is 1. The van der Waals surface area contributed by atoms with Crippen molar-refractivity contribution in [3.63, 3.8) is 0 Å². The molecule has 0 amide bonds. The second kappa shape index (κ2) is 8.67. The first kappa shape index (κ1) is 13.6. The van der Waals surface area contributed by atoms with Gasteiger partial charge < -0.3 is 11.1 Å². The third kappa shape index (κ3) is 5.05. The molecule has 1 heterocycles. The molecule has 1 aromatic rings. The van der Waals surface area contributed by atoms with Gasteiger partial charge in [0.15, 0.2) is 0 Å². The van der Waals surface area contributed by atoms with E-state index in [2.05, 4.69) is 17.2 Å². The van der Waals surface area contributed by atoms with Gasteiger partial charge in [-0.1, -0.05) is 19.8 Å². The second-order valence-electron chi connectivity index (χ2n) is 3.99. The Hall–Kier alpha value is -0.450. The van der Waals surface area contributed by atoms with E-state index in [1.54, 1.807) is 11.3 Å². The van der Waals surface area contributed by atoms with E-state index in [1.807, 2.05) is 11.6 Å². The summed E-state index contributed by atoms with van der Waals surface area (Å²) in [4.78, 5) is 4.36.